The molecule has 1 N–H and O–H groups in total. The van der Waals surface area contributed by atoms with Crippen molar-refractivity contribution in [2.24, 2.45) is 11.3 Å². The molecule has 0 aromatic carbocycles. The van der Waals surface area contributed by atoms with Crippen molar-refractivity contribution in [3.05, 3.63) is 0 Å². The third-order valence-corrected chi connectivity index (χ3v) is 5.10. The largest absolute Gasteiger partial charge is 0.465 e. The molecular formula is C19H29F7O5. The summed E-state index contributed by atoms with van der Waals surface area (Å²) in [4.78, 5) is 24.6. The van der Waals surface area contributed by atoms with Crippen molar-refractivity contribution >= 4 is 11.9 Å². The molecule has 0 saturated carbocycles. The molecule has 0 aliphatic heterocycles. The van der Waals surface area contributed by atoms with Gasteiger partial charge in [-0.05, 0) is 40.5 Å². The predicted octanol–water partition coefficient (Wildman–Crippen LogP) is 4.90. The van der Waals surface area contributed by atoms with Gasteiger partial charge >= 0.3 is 24.3 Å². The maximum atomic E-state index is 14.5. The molecule has 31 heavy (non-hydrogen) atoms. The highest BCUT2D eigenvalue weighted by Gasteiger charge is 2.61. The Morgan fingerprint density at radius 3 is 1.87 bits per heavy atom. The number of esters is 2. The number of hydrogen-bond acceptors (Lipinski definition) is 5. The first-order valence-corrected chi connectivity index (χ1v) is 9.50. The Morgan fingerprint density at radius 1 is 1.00 bits per heavy atom. The molecule has 0 aliphatic rings. The fourth-order valence-electron chi connectivity index (χ4n) is 2.78. The van der Waals surface area contributed by atoms with Crippen LogP contribution < -0.4 is 0 Å². The Labute approximate surface area is 176 Å². The van der Waals surface area contributed by atoms with Crippen molar-refractivity contribution in [2.75, 3.05) is 6.61 Å². The second-order valence-corrected chi connectivity index (χ2v) is 8.55. The van der Waals surface area contributed by atoms with Gasteiger partial charge in [-0.1, -0.05) is 13.8 Å². The van der Waals surface area contributed by atoms with E-state index in [0.29, 0.717) is 0 Å². The second kappa shape index (κ2) is 9.91. The van der Waals surface area contributed by atoms with Crippen LogP contribution in [0.1, 0.15) is 60.8 Å². The molecule has 0 amide bonds. The van der Waals surface area contributed by atoms with E-state index in [2.05, 4.69) is 4.74 Å². The number of aliphatic hydroxyl groups is 1. The molecule has 0 saturated heterocycles. The first kappa shape index (κ1) is 29.4. The van der Waals surface area contributed by atoms with E-state index in [1.807, 2.05) is 0 Å². The SMILES string of the molecule is CCC(C)(CC(C)C(=O)OCCC(F)(F)F)C(=O)OC(C)(C)C(F)C(C)(O)C(F)(F)F. The van der Waals surface area contributed by atoms with E-state index in [4.69, 9.17) is 4.74 Å². The van der Waals surface area contributed by atoms with Crippen molar-refractivity contribution in [1.29, 1.82) is 0 Å². The predicted molar refractivity (Wildman–Crippen MR) is 95.6 cm³/mol. The summed E-state index contributed by atoms with van der Waals surface area (Å²) in [5, 5.41) is 9.55. The van der Waals surface area contributed by atoms with Gasteiger partial charge in [0.1, 0.15) is 5.60 Å². The van der Waals surface area contributed by atoms with Gasteiger partial charge in [0.05, 0.1) is 24.4 Å². The molecule has 0 bridgehead atoms. The number of ether oxygens (including phenoxy) is 2. The van der Waals surface area contributed by atoms with Crippen molar-refractivity contribution in [3.63, 3.8) is 0 Å². The van der Waals surface area contributed by atoms with E-state index in [9.17, 15) is 45.4 Å². The Hall–Kier alpha value is -1.59. The number of carbonyl (C=O) groups excluding carboxylic acids is 2. The highest BCUT2D eigenvalue weighted by Crippen LogP contribution is 2.41. The minimum absolute atomic E-state index is 0.0225. The summed E-state index contributed by atoms with van der Waals surface area (Å²) in [5.41, 5.74) is -7.67. The Balaban J connectivity index is 5.28. The molecule has 0 heterocycles. The Kier molecular flexibility index (Phi) is 9.40. The van der Waals surface area contributed by atoms with Crippen LogP contribution in [0.25, 0.3) is 0 Å². The highest BCUT2D eigenvalue weighted by molar-refractivity contribution is 5.79. The zero-order chi connectivity index (χ0) is 25.1. The summed E-state index contributed by atoms with van der Waals surface area (Å²) in [6, 6.07) is 0. The van der Waals surface area contributed by atoms with Crippen molar-refractivity contribution in [2.45, 2.75) is 90.5 Å². The van der Waals surface area contributed by atoms with Crippen LogP contribution in [-0.2, 0) is 19.1 Å². The number of hydrogen-bond donors (Lipinski definition) is 1. The van der Waals surface area contributed by atoms with Crippen LogP contribution in [0.5, 0.6) is 0 Å². The highest BCUT2D eigenvalue weighted by atomic mass is 19.4. The minimum Gasteiger partial charge on any atom is -0.465 e. The molecule has 0 spiro atoms. The van der Waals surface area contributed by atoms with Gasteiger partial charge in [0.25, 0.3) is 0 Å². The maximum Gasteiger partial charge on any atom is 0.419 e. The van der Waals surface area contributed by atoms with Crippen molar-refractivity contribution < 1.29 is 54.9 Å². The smallest absolute Gasteiger partial charge is 0.419 e. The molecule has 5 nitrogen and oxygen atoms in total. The Morgan fingerprint density at radius 2 is 1.48 bits per heavy atom. The van der Waals surface area contributed by atoms with Crippen molar-refractivity contribution in [1.82, 2.24) is 0 Å². The molecule has 4 unspecified atom stereocenters. The molecule has 0 fully saturated rings. The van der Waals surface area contributed by atoms with E-state index in [-0.39, 0.29) is 19.8 Å². The van der Waals surface area contributed by atoms with Gasteiger partial charge in [-0.2, -0.15) is 26.3 Å². The monoisotopic (exact) mass is 470 g/mol. The molecule has 0 aromatic rings. The first-order valence-electron chi connectivity index (χ1n) is 9.50. The van der Waals surface area contributed by atoms with Gasteiger partial charge in [0.15, 0.2) is 11.8 Å². The van der Waals surface area contributed by atoms with E-state index < -0.39 is 66.0 Å². The third kappa shape index (κ3) is 8.12. The van der Waals surface area contributed by atoms with E-state index in [1.165, 1.54) is 20.8 Å². The van der Waals surface area contributed by atoms with Gasteiger partial charge in [0, 0.05) is 0 Å². The molecule has 184 valence electrons. The lowest BCUT2D eigenvalue weighted by Crippen LogP contribution is -2.59. The standard InChI is InChI=1S/C19H29F7O5/c1-7-16(5,10-11(2)12(27)30-9-8-18(21,22)23)14(28)31-15(3,4)13(20)17(6,29)19(24,25)26/h11,13,29H,7-10H2,1-6H3. The molecule has 12 heteroatoms. The van der Waals surface area contributed by atoms with Crippen molar-refractivity contribution in [3.8, 4) is 0 Å². The van der Waals surface area contributed by atoms with Crippen LogP contribution in [0, 0.1) is 11.3 Å². The quantitative estimate of drug-likeness (QED) is 0.363. The average molecular weight is 470 g/mol. The lowest BCUT2D eigenvalue weighted by molar-refractivity contribution is -0.292. The molecule has 0 aromatic heterocycles. The third-order valence-electron chi connectivity index (χ3n) is 5.10. The summed E-state index contributed by atoms with van der Waals surface area (Å²) in [7, 11) is 0. The number of halogens is 7. The lowest BCUT2D eigenvalue weighted by Gasteiger charge is -2.40. The van der Waals surface area contributed by atoms with Crippen LogP contribution in [-0.4, -0.2) is 53.4 Å². The first-order chi connectivity index (χ1) is 13.6. The lowest BCUT2D eigenvalue weighted by atomic mass is 9.78. The van der Waals surface area contributed by atoms with Gasteiger partial charge in [-0.25, -0.2) is 4.39 Å². The van der Waals surface area contributed by atoms with Crippen LogP contribution in [0.2, 0.25) is 0 Å². The topological polar surface area (TPSA) is 72.8 Å². The van der Waals surface area contributed by atoms with E-state index in [0.717, 1.165) is 13.8 Å². The van der Waals surface area contributed by atoms with Crippen LogP contribution in [0.3, 0.4) is 0 Å². The van der Waals surface area contributed by atoms with Gasteiger partial charge in [-0.3, -0.25) is 9.59 Å². The number of carbonyl (C=O) groups is 2. The summed E-state index contributed by atoms with van der Waals surface area (Å²) in [6.45, 7) is 5.17. The average Bonchev–Trinajstić information content (AvgIpc) is 2.57. The molecule has 0 rings (SSSR count). The fraction of sp³-hybridized carbons (Fsp3) is 0.895. The van der Waals surface area contributed by atoms with Gasteiger partial charge < -0.3 is 14.6 Å². The summed E-state index contributed by atoms with van der Waals surface area (Å²) < 4.78 is 99.3. The maximum absolute atomic E-state index is 14.5. The van der Waals surface area contributed by atoms with Crippen LogP contribution in [0.4, 0.5) is 30.7 Å². The number of rotatable bonds is 10. The zero-order valence-electron chi connectivity index (χ0n) is 18.2. The molecule has 0 aliphatic carbocycles. The van der Waals surface area contributed by atoms with Crippen LogP contribution >= 0.6 is 0 Å². The molecule has 4 atom stereocenters. The van der Waals surface area contributed by atoms with E-state index >= 15 is 0 Å². The Bertz CT molecular complexity index is 628. The molecule has 0 radical (unpaired) electrons. The number of alkyl halides is 7. The second-order valence-electron chi connectivity index (χ2n) is 8.55. The summed E-state index contributed by atoms with van der Waals surface area (Å²) in [6.07, 6.45) is -14.5. The van der Waals surface area contributed by atoms with Gasteiger partial charge in [-0.15, -0.1) is 0 Å². The normalized spacial score (nSPS) is 19.0. The minimum atomic E-state index is -5.33. The van der Waals surface area contributed by atoms with E-state index in [1.54, 1.807) is 0 Å². The molecular weight excluding hydrogens is 441 g/mol. The summed E-state index contributed by atoms with van der Waals surface area (Å²) in [5.74, 6) is -3.18. The van der Waals surface area contributed by atoms with Gasteiger partial charge in [0.2, 0.25) is 0 Å². The van der Waals surface area contributed by atoms with Crippen LogP contribution in [0.15, 0.2) is 0 Å². The zero-order valence-corrected chi connectivity index (χ0v) is 18.2. The summed E-state index contributed by atoms with van der Waals surface area (Å²) >= 11 is 0. The fourth-order valence-corrected chi connectivity index (χ4v) is 2.78.